The van der Waals surface area contributed by atoms with Gasteiger partial charge in [-0.25, -0.2) is 0 Å². The van der Waals surface area contributed by atoms with Crippen LogP contribution in [0.15, 0.2) is 12.1 Å². The molecule has 1 fully saturated rings. The van der Waals surface area contributed by atoms with Crippen LogP contribution in [-0.4, -0.2) is 44.4 Å². The number of carbonyl (C=O) groups is 1. The van der Waals surface area contributed by atoms with E-state index in [0.29, 0.717) is 23.0 Å². The Morgan fingerprint density at radius 2 is 1.90 bits per heavy atom. The van der Waals surface area contributed by atoms with Crippen molar-refractivity contribution in [3.8, 4) is 29.6 Å². The van der Waals surface area contributed by atoms with Gasteiger partial charge in [0.05, 0.1) is 39.2 Å². The molecule has 1 amide bonds. The maximum atomic E-state index is 12.0. The Morgan fingerprint density at radius 1 is 1.29 bits per heavy atom. The highest BCUT2D eigenvalue weighted by Gasteiger charge is 2.36. The zero-order valence-electron chi connectivity index (χ0n) is 12.2. The van der Waals surface area contributed by atoms with E-state index in [9.17, 15) is 4.79 Å². The summed E-state index contributed by atoms with van der Waals surface area (Å²) in [4.78, 5) is 13.6. The van der Waals surface area contributed by atoms with Crippen molar-refractivity contribution in [1.29, 1.82) is 0 Å². The Kier molecular flexibility index (Phi) is 4.86. The van der Waals surface area contributed by atoms with Gasteiger partial charge in [-0.3, -0.25) is 4.79 Å². The van der Waals surface area contributed by atoms with Crippen LogP contribution in [-0.2, 0) is 4.79 Å². The maximum absolute atomic E-state index is 12.0. The molecule has 0 saturated carbocycles. The predicted molar refractivity (Wildman–Crippen MR) is 81.8 cm³/mol. The summed E-state index contributed by atoms with van der Waals surface area (Å²) in [5, 5.41) is -0.218. The molecule has 0 spiro atoms. The standard InChI is InChI=1S/C15H17NO4S/c1-5-6-16-13(17)9-21-15(16)14-11(19-3)7-10(18-2)8-12(14)20-4/h1,7-8,15H,6,9H2,2-4H3. The van der Waals surface area contributed by atoms with Crippen LogP contribution in [0.1, 0.15) is 10.9 Å². The number of rotatable bonds is 5. The predicted octanol–water partition coefficient (Wildman–Crippen LogP) is 1.92. The fraction of sp³-hybridized carbons (Fsp3) is 0.400. The molecule has 1 unspecified atom stereocenters. The van der Waals surface area contributed by atoms with Gasteiger partial charge in [-0.2, -0.15) is 0 Å². The van der Waals surface area contributed by atoms with Crippen LogP contribution in [0.5, 0.6) is 17.2 Å². The molecular formula is C15H17NO4S. The topological polar surface area (TPSA) is 48.0 Å². The van der Waals surface area contributed by atoms with Crippen LogP contribution in [0.3, 0.4) is 0 Å². The molecule has 1 heterocycles. The minimum atomic E-state index is -0.218. The first-order chi connectivity index (χ1) is 10.2. The van der Waals surface area contributed by atoms with Gasteiger partial charge in [0.15, 0.2) is 0 Å². The summed E-state index contributed by atoms with van der Waals surface area (Å²) in [6.45, 7) is 0.259. The Morgan fingerprint density at radius 3 is 2.38 bits per heavy atom. The molecule has 1 aromatic rings. The van der Waals surface area contributed by atoms with E-state index in [-0.39, 0.29) is 17.8 Å². The van der Waals surface area contributed by atoms with Gasteiger partial charge in [-0.05, 0) is 0 Å². The summed E-state index contributed by atoms with van der Waals surface area (Å²) < 4.78 is 16.1. The van der Waals surface area contributed by atoms with Crippen molar-refractivity contribution >= 4 is 17.7 Å². The second-order valence-corrected chi connectivity index (χ2v) is 5.40. The zero-order valence-corrected chi connectivity index (χ0v) is 13.0. The first-order valence-corrected chi connectivity index (χ1v) is 7.35. The van der Waals surface area contributed by atoms with Crippen LogP contribution in [0.2, 0.25) is 0 Å². The van der Waals surface area contributed by atoms with Gasteiger partial charge in [0.25, 0.3) is 0 Å². The third kappa shape index (κ3) is 2.88. The van der Waals surface area contributed by atoms with Crippen molar-refractivity contribution in [2.45, 2.75) is 5.37 Å². The van der Waals surface area contributed by atoms with Crippen molar-refractivity contribution in [2.75, 3.05) is 33.6 Å². The quantitative estimate of drug-likeness (QED) is 0.778. The van der Waals surface area contributed by atoms with Crippen molar-refractivity contribution in [3.63, 3.8) is 0 Å². The third-order valence-corrected chi connectivity index (χ3v) is 4.45. The fourth-order valence-corrected chi connectivity index (χ4v) is 3.48. The molecule has 0 aliphatic carbocycles. The number of ether oxygens (including phenoxy) is 3. The minimum Gasteiger partial charge on any atom is -0.496 e. The van der Waals surface area contributed by atoms with Crippen molar-refractivity contribution < 1.29 is 19.0 Å². The Hall–Kier alpha value is -2.00. The number of amides is 1. The zero-order chi connectivity index (χ0) is 15.4. The SMILES string of the molecule is C#CCN1C(=O)CSC1c1c(OC)cc(OC)cc1OC. The minimum absolute atomic E-state index is 0.0166. The number of hydrogen-bond donors (Lipinski definition) is 0. The van der Waals surface area contributed by atoms with E-state index < -0.39 is 0 Å². The van der Waals surface area contributed by atoms with E-state index in [2.05, 4.69) is 5.92 Å². The van der Waals surface area contributed by atoms with Gasteiger partial charge in [0.2, 0.25) is 5.91 Å². The second kappa shape index (κ2) is 6.64. The molecule has 1 atom stereocenters. The van der Waals surface area contributed by atoms with E-state index in [1.807, 2.05) is 0 Å². The van der Waals surface area contributed by atoms with Gasteiger partial charge < -0.3 is 19.1 Å². The average molecular weight is 307 g/mol. The Bertz CT molecular complexity index is 557. The molecule has 1 aromatic carbocycles. The van der Waals surface area contributed by atoms with Crippen molar-refractivity contribution in [1.82, 2.24) is 4.90 Å². The summed E-state index contributed by atoms with van der Waals surface area (Å²) in [5.41, 5.74) is 0.798. The molecule has 0 bridgehead atoms. The highest BCUT2D eigenvalue weighted by Crippen LogP contribution is 2.48. The van der Waals surface area contributed by atoms with Crippen LogP contribution in [0.4, 0.5) is 0 Å². The first-order valence-electron chi connectivity index (χ1n) is 6.30. The summed E-state index contributed by atoms with van der Waals surface area (Å²) in [5.74, 6) is 4.79. The van der Waals surface area contributed by atoms with E-state index in [1.165, 1.54) is 11.8 Å². The lowest BCUT2D eigenvalue weighted by molar-refractivity contribution is -0.127. The monoisotopic (exact) mass is 307 g/mol. The second-order valence-electron chi connectivity index (χ2n) is 4.33. The third-order valence-electron chi connectivity index (χ3n) is 3.23. The summed E-state index contributed by atoms with van der Waals surface area (Å²) in [6, 6.07) is 3.55. The number of methoxy groups -OCH3 is 3. The molecule has 5 nitrogen and oxygen atoms in total. The maximum Gasteiger partial charge on any atom is 0.234 e. The molecule has 1 saturated heterocycles. The van der Waals surface area contributed by atoms with Gasteiger partial charge in [-0.15, -0.1) is 18.2 Å². The van der Waals surface area contributed by atoms with E-state index >= 15 is 0 Å². The lowest BCUT2D eigenvalue weighted by atomic mass is 10.1. The lowest BCUT2D eigenvalue weighted by Gasteiger charge is -2.25. The van der Waals surface area contributed by atoms with Gasteiger partial charge >= 0.3 is 0 Å². The smallest absolute Gasteiger partial charge is 0.234 e. The summed E-state index contributed by atoms with van der Waals surface area (Å²) in [6.07, 6.45) is 5.36. The van der Waals surface area contributed by atoms with E-state index in [0.717, 1.165) is 5.56 Å². The molecule has 1 aliphatic rings. The van der Waals surface area contributed by atoms with E-state index in [1.54, 1.807) is 38.4 Å². The normalized spacial score (nSPS) is 17.5. The largest absolute Gasteiger partial charge is 0.496 e. The van der Waals surface area contributed by atoms with Crippen molar-refractivity contribution in [2.24, 2.45) is 0 Å². The first kappa shape index (κ1) is 15.4. The molecule has 0 radical (unpaired) electrons. The summed E-state index contributed by atoms with van der Waals surface area (Å²) >= 11 is 1.50. The highest BCUT2D eigenvalue weighted by atomic mass is 32.2. The van der Waals surface area contributed by atoms with Gasteiger partial charge in [-0.1, -0.05) is 5.92 Å². The lowest BCUT2D eigenvalue weighted by Crippen LogP contribution is -2.28. The molecule has 21 heavy (non-hydrogen) atoms. The van der Waals surface area contributed by atoms with Crippen LogP contribution >= 0.6 is 11.8 Å². The van der Waals surface area contributed by atoms with Gasteiger partial charge in [0.1, 0.15) is 22.6 Å². The number of terminal acetylenes is 1. The molecule has 1 aliphatic heterocycles. The van der Waals surface area contributed by atoms with E-state index in [4.69, 9.17) is 20.6 Å². The Balaban J connectivity index is 2.51. The van der Waals surface area contributed by atoms with Crippen molar-refractivity contribution in [3.05, 3.63) is 17.7 Å². The number of thioether (sulfide) groups is 1. The number of hydrogen-bond acceptors (Lipinski definition) is 5. The summed E-state index contributed by atoms with van der Waals surface area (Å²) in [7, 11) is 4.72. The molecular weight excluding hydrogens is 290 g/mol. The number of nitrogens with zero attached hydrogens (tertiary/aromatic N) is 1. The van der Waals surface area contributed by atoms with Crippen LogP contribution in [0.25, 0.3) is 0 Å². The van der Waals surface area contributed by atoms with Gasteiger partial charge in [0, 0.05) is 12.1 Å². The molecule has 6 heteroatoms. The molecule has 0 aromatic heterocycles. The number of benzene rings is 1. The Labute approximate surface area is 128 Å². The average Bonchev–Trinajstić information content (AvgIpc) is 2.87. The fourth-order valence-electron chi connectivity index (χ4n) is 2.24. The molecule has 112 valence electrons. The molecule has 2 rings (SSSR count). The molecule has 0 N–H and O–H groups in total. The number of carbonyl (C=O) groups excluding carboxylic acids is 1. The van der Waals surface area contributed by atoms with Crippen LogP contribution in [0, 0.1) is 12.3 Å². The van der Waals surface area contributed by atoms with Crippen LogP contribution < -0.4 is 14.2 Å². The highest BCUT2D eigenvalue weighted by molar-refractivity contribution is 8.00.